The molecule has 1 atom stereocenters. The summed E-state index contributed by atoms with van der Waals surface area (Å²) >= 11 is 2.73. The van der Waals surface area contributed by atoms with Crippen LogP contribution in [0.2, 0.25) is 0 Å². The lowest BCUT2D eigenvalue weighted by Gasteiger charge is -2.11. The van der Waals surface area contributed by atoms with Crippen molar-refractivity contribution in [1.29, 1.82) is 0 Å². The van der Waals surface area contributed by atoms with Crippen LogP contribution in [0.5, 0.6) is 0 Å². The number of halogens is 1. The number of carbonyl (C=O) groups is 1. The second kappa shape index (κ2) is 3.17. The van der Waals surface area contributed by atoms with Gasteiger partial charge in [0.25, 0.3) is 0 Å². The van der Waals surface area contributed by atoms with Crippen molar-refractivity contribution in [1.82, 2.24) is 0 Å². The van der Waals surface area contributed by atoms with E-state index in [4.69, 9.17) is 5.11 Å². The average Bonchev–Trinajstić information content (AvgIpc) is 1.64. The molecule has 9 heavy (non-hydrogen) atoms. The summed E-state index contributed by atoms with van der Waals surface area (Å²) in [5.41, 5.74) is 0. The summed E-state index contributed by atoms with van der Waals surface area (Å²) in [6, 6.07) is 0. The van der Waals surface area contributed by atoms with Gasteiger partial charge in [0.2, 0.25) is 4.51 Å². The fourth-order valence-electron chi connectivity index (χ4n) is 0.263. The van der Waals surface area contributed by atoms with Gasteiger partial charge in [0.1, 0.15) is 0 Å². The van der Waals surface area contributed by atoms with Gasteiger partial charge < -0.3 is 9.84 Å². The number of ether oxygens (including phenoxy) is 1. The molecule has 0 unspecified atom stereocenters. The van der Waals surface area contributed by atoms with E-state index in [2.05, 4.69) is 20.7 Å². The minimum atomic E-state index is -1.54. The molecule has 0 radical (unpaired) electrons. The Balaban J connectivity index is 3.74. The van der Waals surface area contributed by atoms with Crippen molar-refractivity contribution in [2.24, 2.45) is 0 Å². The van der Waals surface area contributed by atoms with Crippen LogP contribution in [0.4, 0.5) is 0 Å². The molecule has 0 saturated heterocycles. The summed E-state index contributed by atoms with van der Waals surface area (Å²) in [7, 11) is 0. The second-order valence-corrected chi connectivity index (χ2v) is 3.22. The normalized spacial score (nSPS) is 16.4. The van der Waals surface area contributed by atoms with Crippen molar-refractivity contribution in [2.45, 2.75) is 18.4 Å². The first-order chi connectivity index (χ1) is 3.98. The Labute approximate surface area is 62.1 Å². The van der Waals surface area contributed by atoms with E-state index < -0.39 is 10.5 Å². The summed E-state index contributed by atoms with van der Waals surface area (Å²) in [5.74, 6) is -0.662. The van der Waals surface area contributed by atoms with E-state index in [1.54, 1.807) is 6.92 Å². The lowest BCUT2D eigenvalue weighted by molar-refractivity contribution is -0.154. The zero-order valence-corrected chi connectivity index (χ0v) is 6.93. The van der Waals surface area contributed by atoms with Gasteiger partial charge in [-0.3, -0.25) is 0 Å². The molecule has 0 aromatic rings. The van der Waals surface area contributed by atoms with E-state index in [1.165, 1.54) is 6.92 Å². The van der Waals surface area contributed by atoms with E-state index in [-0.39, 0.29) is 6.61 Å². The van der Waals surface area contributed by atoms with Gasteiger partial charge in [0.15, 0.2) is 0 Å². The third-order valence-electron chi connectivity index (χ3n) is 0.648. The van der Waals surface area contributed by atoms with Crippen molar-refractivity contribution in [3.63, 3.8) is 0 Å². The zero-order valence-electron chi connectivity index (χ0n) is 5.35. The summed E-state index contributed by atoms with van der Waals surface area (Å²) < 4.78 is 2.93. The highest BCUT2D eigenvalue weighted by atomic mass is 79.9. The molecule has 4 heteroatoms. The minimum absolute atomic E-state index is 0.278. The van der Waals surface area contributed by atoms with Crippen LogP contribution in [0.3, 0.4) is 0 Å². The predicted molar refractivity (Wildman–Crippen MR) is 36.2 cm³/mol. The molecule has 0 bridgehead atoms. The minimum Gasteiger partial charge on any atom is -0.463 e. The van der Waals surface area contributed by atoms with Crippen molar-refractivity contribution in [3.05, 3.63) is 0 Å². The average molecular weight is 197 g/mol. The summed E-state index contributed by atoms with van der Waals surface area (Å²) in [6.45, 7) is 3.27. The molecule has 0 rings (SSSR count). The zero-order chi connectivity index (χ0) is 7.49. The monoisotopic (exact) mass is 196 g/mol. The maximum atomic E-state index is 10.5. The van der Waals surface area contributed by atoms with Crippen LogP contribution in [0.15, 0.2) is 0 Å². The van der Waals surface area contributed by atoms with Gasteiger partial charge in [0.05, 0.1) is 6.61 Å². The fraction of sp³-hybridized carbons (Fsp3) is 0.800. The molecule has 1 N–H and O–H groups in total. The Hall–Kier alpha value is -0.0900. The van der Waals surface area contributed by atoms with Crippen LogP contribution in [0.25, 0.3) is 0 Å². The fourth-order valence-corrected chi connectivity index (χ4v) is 0.377. The number of rotatable bonds is 2. The summed E-state index contributed by atoms with van der Waals surface area (Å²) in [5, 5.41) is 8.86. The molecule has 0 amide bonds. The van der Waals surface area contributed by atoms with Crippen LogP contribution in [0.1, 0.15) is 13.8 Å². The highest BCUT2D eigenvalue weighted by molar-refractivity contribution is 9.10. The van der Waals surface area contributed by atoms with Crippen molar-refractivity contribution in [3.8, 4) is 0 Å². The molecular formula is C5H9BrO3. The van der Waals surface area contributed by atoms with Gasteiger partial charge in [-0.15, -0.1) is 0 Å². The van der Waals surface area contributed by atoms with Crippen molar-refractivity contribution in [2.75, 3.05) is 6.61 Å². The van der Waals surface area contributed by atoms with Gasteiger partial charge in [-0.25, -0.2) is 4.79 Å². The quantitative estimate of drug-likeness (QED) is 0.522. The topological polar surface area (TPSA) is 46.5 Å². The third kappa shape index (κ3) is 3.48. The van der Waals surface area contributed by atoms with Gasteiger partial charge in [0, 0.05) is 0 Å². The van der Waals surface area contributed by atoms with Crippen LogP contribution >= 0.6 is 15.9 Å². The Morgan fingerprint density at radius 3 is 2.44 bits per heavy atom. The van der Waals surface area contributed by atoms with Crippen LogP contribution in [-0.4, -0.2) is 22.2 Å². The predicted octanol–water partition coefficient (Wildman–Crippen LogP) is 0.653. The molecule has 0 aliphatic rings. The summed E-state index contributed by atoms with van der Waals surface area (Å²) in [6.07, 6.45) is 0. The lowest BCUT2D eigenvalue weighted by Crippen LogP contribution is -2.29. The van der Waals surface area contributed by atoms with E-state index in [0.717, 1.165) is 0 Å². The molecule has 0 aromatic heterocycles. The number of esters is 1. The first kappa shape index (κ1) is 8.91. The molecule has 0 heterocycles. The van der Waals surface area contributed by atoms with Crippen LogP contribution < -0.4 is 0 Å². The Kier molecular flexibility index (Phi) is 3.14. The van der Waals surface area contributed by atoms with Crippen LogP contribution in [-0.2, 0) is 9.53 Å². The molecule has 0 spiro atoms. The first-order valence-electron chi connectivity index (χ1n) is 2.57. The first-order valence-corrected chi connectivity index (χ1v) is 3.36. The van der Waals surface area contributed by atoms with Crippen molar-refractivity contribution >= 4 is 21.9 Å². The SMILES string of the molecule is CCOC(=O)[C@](C)(O)Br. The number of carbonyl (C=O) groups excluding carboxylic acids is 1. The smallest absolute Gasteiger partial charge is 0.349 e. The Bertz CT molecular complexity index is 105. The molecular weight excluding hydrogens is 188 g/mol. The van der Waals surface area contributed by atoms with E-state index in [0.29, 0.717) is 0 Å². The van der Waals surface area contributed by atoms with Gasteiger partial charge in [-0.2, -0.15) is 0 Å². The molecule has 3 nitrogen and oxygen atoms in total. The maximum absolute atomic E-state index is 10.5. The van der Waals surface area contributed by atoms with E-state index in [9.17, 15) is 4.79 Å². The highest BCUT2D eigenvalue weighted by Gasteiger charge is 2.27. The molecule has 0 aliphatic heterocycles. The molecule has 0 aromatic carbocycles. The Morgan fingerprint density at radius 2 is 2.33 bits per heavy atom. The maximum Gasteiger partial charge on any atom is 0.349 e. The molecule has 0 aliphatic carbocycles. The molecule has 0 fully saturated rings. The number of hydrogen-bond acceptors (Lipinski definition) is 3. The Morgan fingerprint density at radius 1 is 1.89 bits per heavy atom. The van der Waals surface area contributed by atoms with Crippen LogP contribution in [0, 0.1) is 0 Å². The summed E-state index contributed by atoms with van der Waals surface area (Å²) in [4.78, 5) is 10.5. The number of alkyl halides is 1. The largest absolute Gasteiger partial charge is 0.463 e. The van der Waals surface area contributed by atoms with Gasteiger partial charge in [-0.05, 0) is 29.8 Å². The number of aliphatic hydroxyl groups is 1. The number of hydrogen-bond donors (Lipinski definition) is 1. The molecule has 54 valence electrons. The van der Waals surface area contributed by atoms with Crippen molar-refractivity contribution < 1.29 is 14.6 Å². The van der Waals surface area contributed by atoms with E-state index >= 15 is 0 Å². The van der Waals surface area contributed by atoms with Gasteiger partial charge in [-0.1, -0.05) is 0 Å². The lowest BCUT2D eigenvalue weighted by atomic mass is 10.4. The third-order valence-corrected chi connectivity index (χ3v) is 0.972. The van der Waals surface area contributed by atoms with E-state index in [1.807, 2.05) is 0 Å². The second-order valence-electron chi connectivity index (χ2n) is 1.67. The standard InChI is InChI=1S/C5H9BrO3/c1-3-9-4(7)5(2,6)8/h8H,3H2,1-2H3/t5-/m0/s1. The van der Waals surface area contributed by atoms with Gasteiger partial charge >= 0.3 is 5.97 Å². The highest BCUT2D eigenvalue weighted by Crippen LogP contribution is 2.13. The molecule has 0 saturated carbocycles.